The van der Waals surface area contributed by atoms with Crippen molar-refractivity contribution >= 4 is 52.2 Å². The van der Waals surface area contributed by atoms with E-state index in [1.807, 2.05) is 36.4 Å². The van der Waals surface area contributed by atoms with E-state index in [1.165, 1.54) is 21.6 Å². The number of amides is 2. The van der Waals surface area contributed by atoms with Crippen LogP contribution < -0.4 is 0 Å². The first kappa shape index (κ1) is 20.5. The first-order chi connectivity index (χ1) is 13.5. The number of carbonyl (C=O) groups is 3. The quantitative estimate of drug-likeness (QED) is 0.565. The van der Waals surface area contributed by atoms with E-state index in [4.69, 9.17) is 12.2 Å². The van der Waals surface area contributed by atoms with E-state index in [0.717, 1.165) is 18.4 Å². The lowest BCUT2D eigenvalue weighted by Gasteiger charge is -2.33. The Morgan fingerprint density at radius 2 is 2.00 bits per heavy atom. The summed E-state index contributed by atoms with van der Waals surface area (Å²) in [4.78, 5) is 40.0. The molecule has 1 unspecified atom stereocenters. The molecule has 6 nitrogen and oxygen atoms in total. The van der Waals surface area contributed by atoms with E-state index < -0.39 is 12.0 Å². The van der Waals surface area contributed by atoms with Gasteiger partial charge in [-0.25, -0.2) is 4.79 Å². The Morgan fingerprint density at radius 3 is 2.71 bits per heavy atom. The van der Waals surface area contributed by atoms with Crippen molar-refractivity contribution in [3.63, 3.8) is 0 Å². The molecule has 0 spiro atoms. The summed E-state index contributed by atoms with van der Waals surface area (Å²) in [6.45, 7) is 0.838. The monoisotopic (exact) mass is 418 g/mol. The molecule has 0 bridgehead atoms. The first-order valence-corrected chi connectivity index (χ1v) is 10.5. The third kappa shape index (κ3) is 4.80. The lowest BCUT2D eigenvalue weighted by molar-refractivity contribution is -0.152. The number of carbonyl (C=O) groups excluding carboxylic acids is 2. The van der Waals surface area contributed by atoms with Crippen molar-refractivity contribution in [2.24, 2.45) is 0 Å². The second-order valence-electron chi connectivity index (χ2n) is 6.78. The zero-order valence-electron chi connectivity index (χ0n) is 15.4. The minimum absolute atomic E-state index is 0.146. The fourth-order valence-electron chi connectivity index (χ4n) is 3.41. The fraction of sp³-hybridized carbons (Fsp3) is 0.400. The molecule has 3 rings (SSSR count). The van der Waals surface area contributed by atoms with Crippen LogP contribution in [0.5, 0.6) is 0 Å². The number of hydrogen-bond donors (Lipinski definition) is 1. The normalized spacial score (nSPS) is 21.4. The van der Waals surface area contributed by atoms with Gasteiger partial charge in [-0.15, -0.1) is 0 Å². The summed E-state index contributed by atoms with van der Waals surface area (Å²) in [7, 11) is 0. The van der Waals surface area contributed by atoms with Crippen LogP contribution in [0.3, 0.4) is 0 Å². The number of benzene rings is 1. The highest BCUT2D eigenvalue weighted by Gasteiger charge is 2.33. The summed E-state index contributed by atoms with van der Waals surface area (Å²) in [5.41, 5.74) is 0.933. The summed E-state index contributed by atoms with van der Waals surface area (Å²) < 4.78 is 0.487. The average molecular weight is 419 g/mol. The molecule has 2 amide bonds. The van der Waals surface area contributed by atoms with Crippen LogP contribution >= 0.6 is 24.0 Å². The molecule has 148 valence electrons. The van der Waals surface area contributed by atoms with Crippen LogP contribution in [-0.4, -0.2) is 56.1 Å². The minimum atomic E-state index is -0.948. The number of rotatable bonds is 6. The Labute approximate surface area is 173 Å². The van der Waals surface area contributed by atoms with Crippen molar-refractivity contribution in [1.29, 1.82) is 0 Å². The number of piperidine rings is 1. The van der Waals surface area contributed by atoms with E-state index in [-0.39, 0.29) is 18.2 Å². The molecule has 1 N–H and O–H groups in total. The summed E-state index contributed by atoms with van der Waals surface area (Å²) in [6.07, 6.45) is 4.63. The van der Waals surface area contributed by atoms with Crippen molar-refractivity contribution in [2.45, 2.75) is 38.1 Å². The molecule has 2 fully saturated rings. The van der Waals surface area contributed by atoms with Gasteiger partial charge in [0.1, 0.15) is 10.4 Å². The molecule has 28 heavy (non-hydrogen) atoms. The molecule has 2 aliphatic heterocycles. The van der Waals surface area contributed by atoms with E-state index in [1.54, 1.807) is 0 Å². The average Bonchev–Trinajstić information content (AvgIpc) is 2.96. The molecule has 2 saturated heterocycles. The van der Waals surface area contributed by atoms with Gasteiger partial charge in [0.05, 0.1) is 4.91 Å². The van der Waals surface area contributed by atoms with Gasteiger partial charge in [-0.1, -0.05) is 54.3 Å². The molecule has 0 saturated carbocycles. The summed E-state index contributed by atoms with van der Waals surface area (Å²) >= 11 is 6.59. The highest BCUT2D eigenvalue weighted by molar-refractivity contribution is 8.26. The van der Waals surface area contributed by atoms with E-state index in [2.05, 4.69) is 0 Å². The Bertz CT molecular complexity index is 810. The first-order valence-electron chi connectivity index (χ1n) is 9.30. The van der Waals surface area contributed by atoms with E-state index in [0.29, 0.717) is 35.2 Å². The molecule has 0 aliphatic carbocycles. The molecule has 1 atom stereocenters. The van der Waals surface area contributed by atoms with E-state index in [9.17, 15) is 19.5 Å². The molecule has 1 aromatic rings. The van der Waals surface area contributed by atoms with Crippen molar-refractivity contribution in [1.82, 2.24) is 9.80 Å². The molecular formula is C20H22N2O4S2. The van der Waals surface area contributed by atoms with Gasteiger partial charge < -0.3 is 10.0 Å². The van der Waals surface area contributed by atoms with Crippen molar-refractivity contribution in [3.8, 4) is 0 Å². The maximum absolute atomic E-state index is 12.6. The molecule has 0 radical (unpaired) electrons. The van der Waals surface area contributed by atoms with Crippen LogP contribution in [0.1, 0.15) is 37.7 Å². The third-order valence-corrected chi connectivity index (χ3v) is 6.23. The number of carboxylic acid groups (broad SMARTS) is 1. The standard InChI is InChI=1S/C20H22N2O4S2/c23-17(21-11-5-4-9-15(21)19(25)26)10-6-12-22-18(24)16(28-20(22)27)13-14-7-2-1-3-8-14/h1-3,7-8,13,15H,4-6,9-12H2,(H,25,26). The summed E-state index contributed by atoms with van der Waals surface area (Å²) in [6, 6.07) is 8.83. The van der Waals surface area contributed by atoms with Crippen molar-refractivity contribution in [3.05, 3.63) is 40.8 Å². The number of nitrogens with zero attached hydrogens (tertiary/aromatic N) is 2. The molecule has 1 aromatic carbocycles. The predicted octanol–water partition coefficient (Wildman–Crippen LogP) is 3.13. The molecule has 2 heterocycles. The second kappa shape index (κ2) is 9.34. The molecule has 8 heteroatoms. The highest BCUT2D eigenvalue weighted by Crippen LogP contribution is 2.32. The van der Waals surface area contributed by atoms with Crippen LogP contribution in [0.4, 0.5) is 0 Å². The number of carboxylic acids is 1. The van der Waals surface area contributed by atoms with Gasteiger partial charge in [0.25, 0.3) is 5.91 Å². The van der Waals surface area contributed by atoms with Gasteiger partial charge in [0, 0.05) is 19.5 Å². The van der Waals surface area contributed by atoms with Gasteiger partial charge in [0.2, 0.25) is 5.91 Å². The molecular weight excluding hydrogens is 396 g/mol. The van der Waals surface area contributed by atoms with E-state index >= 15 is 0 Å². The van der Waals surface area contributed by atoms with Gasteiger partial charge in [-0.05, 0) is 37.3 Å². The molecule has 2 aliphatic rings. The SMILES string of the molecule is O=C(O)C1CCCCN1C(=O)CCCN1C(=O)C(=Cc2ccccc2)SC1=S. The lowest BCUT2D eigenvalue weighted by Crippen LogP contribution is -2.48. The van der Waals surface area contributed by atoms with Crippen LogP contribution in [-0.2, 0) is 14.4 Å². The van der Waals surface area contributed by atoms with Crippen molar-refractivity contribution < 1.29 is 19.5 Å². The topological polar surface area (TPSA) is 77.9 Å². The largest absolute Gasteiger partial charge is 0.480 e. The zero-order valence-corrected chi connectivity index (χ0v) is 17.0. The van der Waals surface area contributed by atoms with Gasteiger partial charge in [-0.3, -0.25) is 14.5 Å². The number of thioether (sulfide) groups is 1. The second-order valence-corrected chi connectivity index (χ2v) is 8.46. The van der Waals surface area contributed by atoms with Gasteiger partial charge in [0.15, 0.2) is 0 Å². The van der Waals surface area contributed by atoms with Gasteiger partial charge >= 0.3 is 5.97 Å². The highest BCUT2D eigenvalue weighted by atomic mass is 32.2. The molecule has 0 aromatic heterocycles. The number of thiocarbonyl (C=S) groups is 1. The smallest absolute Gasteiger partial charge is 0.326 e. The fourth-order valence-corrected chi connectivity index (χ4v) is 4.72. The Hall–Kier alpha value is -2.19. The number of hydrogen-bond acceptors (Lipinski definition) is 5. The summed E-state index contributed by atoms with van der Waals surface area (Å²) in [5.74, 6) is -1.26. The minimum Gasteiger partial charge on any atom is -0.480 e. The lowest BCUT2D eigenvalue weighted by atomic mass is 10.0. The van der Waals surface area contributed by atoms with Crippen molar-refractivity contribution in [2.75, 3.05) is 13.1 Å². The van der Waals surface area contributed by atoms with Gasteiger partial charge in [-0.2, -0.15) is 0 Å². The van der Waals surface area contributed by atoms with Crippen LogP contribution in [0.2, 0.25) is 0 Å². The number of likely N-dealkylation sites (tertiary alicyclic amines) is 1. The zero-order chi connectivity index (χ0) is 20.1. The maximum atomic E-state index is 12.6. The Kier molecular flexibility index (Phi) is 6.85. The summed E-state index contributed by atoms with van der Waals surface area (Å²) in [5, 5.41) is 9.30. The third-order valence-electron chi connectivity index (χ3n) is 4.85. The maximum Gasteiger partial charge on any atom is 0.326 e. The van der Waals surface area contributed by atoms with Crippen LogP contribution in [0.25, 0.3) is 6.08 Å². The van der Waals surface area contributed by atoms with Crippen LogP contribution in [0, 0.1) is 0 Å². The Balaban J connectivity index is 1.55. The number of aliphatic carboxylic acids is 1. The Morgan fingerprint density at radius 1 is 1.25 bits per heavy atom. The van der Waals surface area contributed by atoms with Crippen LogP contribution in [0.15, 0.2) is 35.2 Å². The predicted molar refractivity (Wildman–Crippen MR) is 113 cm³/mol.